The number of amides is 1. The minimum atomic E-state index is -0.463. The molecule has 1 heterocycles. The van der Waals surface area contributed by atoms with Gasteiger partial charge in [-0.2, -0.15) is 0 Å². The molecule has 1 saturated heterocycles. The monoisotopic (exact) mass is 268 g/mol. The molecule has 1 aliphatic heterocycles. The van der Waals surface area contributed by atoms with Gasteiger partial charge >= 0.3 is 0 Å². The van der Waals surface area contributed by atoms with Crippen LogP contribution < -0.4 is 4.90 Å². The number of thiocarbonyl (C=S) groups is 1. The number of carbonyl (C=O) groups excluding carboxylic acids is 1. The van der Waals surface area contributed by atoms with Crippen LogP contribution in [0.4, 0.5) is 11.4 Å². The number of nitro benzene ring substituents is 1. The van der Waals surface area contributed by atoms with Crippen molar-refractivity contribution in [1.29, 1.82) is 0 Å². The normalized spacial score (nSPS) is 15.5. The summed E-state index contributed by atoms with van der Waals surface area (Å²) in [4.78, 5) is 23.2. The number of aryl methyl sites for hydroxylation is 1. The van der Waals surface area contributed by atoms with Gasteiger partial charge in [-0.3, -0.25) is 19.8 Å². The fourth-order valence-electron chi connectivity index (χ4n) is 1.59. The molecule has 0 saturated carbocycles. The molecule has 1 aliphatic rings. The predicted molar refractivity (Wildman–Crippen MR) is 70.4 cm³/mol. The first-order chi connectivity index (χ1) is 8.00. The molecule has 17 heavy (non-hydrogen) atoms. The van der Waals surface area contributed by atoms with Gasteiger partial charge in [0.05, 0.1) is 16.4 Å². The summed E-state index contributed by atoms with van der Waals surface area (Å²) in [6.07, 6.45) is 0. The van der Waals surface area contributed by atoms with Crippen LogP contribution in [-0.4, -0.2) is 20.9 Å². The lowest BCUT2D eigenvalue weighted by molar-refractivity contribution is -0.384. The van der Waals surface area contributed by atoms with Gasteiger partial charge in [0, 0.05) is 12.1 Å². The summed E-state index contributed by atoms with van der Waals surface area (Å²) in [6.45, 7) is 1.72. The summed E-state index contributed by atoms with van der Waals surface area (Å²) in [7, 11) is 0. The average Bonchev–Trinajstić information content (AvgIpc) is 2.59. The van der Waals surface area contributed by atoms with E-state index in [0.717, 1.165) is 0 Å². The molecule has 88 valence electrons. The zero-order valence-electron chi connectivity index (χ0n) is 8.87. The van der Waals surface area contributed by atoms with Gasteiger partial charge < -0.3 is 0 Å². The molecule has 1 fully saturated rings. The van der Waals surface area contributed by atoms with Crippen molar-refractivity contribution in [2.45, 2.75) is 6.92 Å². The molecule has 0 unspecified atom stereocenters. The first-order valence-electron chi connectivity index (χ1n) is 4.75. The lowest BCUT2D eigenvalue weighted by Crippen LogP contribution is -2.28. The first kappa shape index (κ1) is 12.0. The molecule has 0 aromatic heterocycles. The number of thioether (sulfide) groups is 1. The van der Waals surface area contributed by atoms with Crippen LogP contribution in [0, 0.1) is 17.0 Å². The topological polar surface area (TPSA) is 63.5 Å². The van der Waals surface area contributed by atoms with Crippen LogP contribution in [0.5, 0.6) is 0 Å². The number of hydrogen-bond acceptors (Lipinski definition) is 5. The number of hydrogen-bond donors (Lipinski definition) is 0. The second-order valence-corrected chi connectivity index (χ2v) is 5.12. The summed E-state index contributed by atoms with van der Waals surface area (Å²) < 4.78 is 0.493. The molecule has 7 heteroatoms. The predicted octanol–water partition coefficient (Wildman–Crippen LogP) is 2.27. The highest BCUT2D eigenvalue weighted by Crippen LogP contribution is 2.31. The number of nitro groups is 1. The number of carbonyl (C=O) groups is 1. The molecule has 0 N–H and O–H groups in total. The van der Waals surface area contributed by atoms with Gasteiger partial charge in [-0.15, -0.1) is 0 Å². The Hall–Kier alpha value is -1.47. The number of rotatable bonds is 2. The smallest absolute Gasteiger partial charge is 0.269 e. The third kappa shape index (κ3) is 2.16. The Bertz CT molecular complexity index is 514. The van der Waals surface area contributed by atoms with Gasteiger partial charge in [0.2, 0.25) is 5.91 Å². The van der Waals surface area contributed by atoms with E-state index < -0.39 is 4.92 Å². The molecule has 2 rings (SSSR count). The molecule has 0 aliphatic carbocycles. The van der Waals surface area contributed by atoms with E-state index in [-0.39, 0.29) is 11.6 Å². The second kappa shape index (κ2) is 4.42. The van der Waals surface area contributed by atoms with E-state index in [4.69, 9.17) is 12.2 Å². The standard InChI is InChI=1S/C10H8N2O3S2/c1-6-4-7(12(14)15)2-3-8(6)11-9(13)5-17-10(11)16/h2-4H,5H2,1H3. The highest BCUT2D eigenvalue weighted by molar-refractivity contribution is 8.24. The van der Waals surface area contributed by atoms with Crippen LogP contribution in [0.15, 0.2) is 18.2 Å². The van der Waals surface area contributed by atoms with Crippen molar-refractivity contribution in [3.8, 4) is 0 Å². The Morgan fingerprint density at radius 1 is 1.53 bits per heavy atom. The Morgan fingerprint density at radius 2 is 2.24 bits per heavy atom. The minimum Gasteiger partial charge on any atom is -0.273 e. The minimum absolute atomic E-state index is 0.0106. The van der Waals surface area contributed by atoms with Crippen molar-refractivity contribution in [2.75, 3.05) is 10.7 Å². The Kier molecular flexibility index (Phi) is 3.12. The summed E-state index contributed by atoms with van der Waals surface area (Å²) in [5, 5.41) is 10.6. The van der Waals surface area contributed by atoms with Gasteiger partial charge in [0.1, 0.15) is 4.32 Å². The molecule has 0 spiro atoms. The van der Waals surface area contributed by atoms with E-state index in [2.05, 4.69) is 0 Å². The first-order valence-corrected chi connectivity index (χ1v) is 6.15. The summed E-state index contributed by atoms with van der Waals surface area (Å²) in [6, 6.07) is 4.37. The van der Waals surface area contributed by atoms with Crippen LogP contribution in [0.3, 0.4) is 0 Å². The van der Waals surface area contributed by atoms with Crippen molar-refractivity contribution in [2.24, 2.45) is 0 Å². The average molecular weight is 268 g/mol. The third-order valence-corrected chi connectivity index (χ3v) is 3.74. The van der Waals surface area contributed by atoms with Crippen molar-refractivity contribution in [3.05, 3.63) is 33.9 Å². The molecule has 5 nitrogen and oxygen atoms in total. The number of anilines is 1. The van der Waals surface area contributed by atoms with Crippen LogP contribution in [-0.2, 0) is 4.79 Å². The van der Waals surface area contributed by atoms with Crippen molar-refractivity contribution < 1.29 is 9.72 Å². The maximum atomic E-state index is 11.6. The van der Waals surface area contributed by atoms with Crippen molar-refractivity contribution in [1.82, 2.24) is 0 Å². The zero-order chi connectivity index (χ0) is 12.6. The SMILES string of the molecule is Cc1cc([N+](=O)[O-])ccc1N1C(=O)CSC1=S. The highest BCUT2D eigenvalue weighted by atomic mass is 32.2. The van der Waals surface area contributed by atoms with Gasteiger partial charge in [-0.05, 0) is 18.6 Å². The van der Waals surface area contributed by atoms with E-state index >= 15 is 0 Å². The zero-order valence-corrected chi connectivity index (χ0v) is 10.5. The number of non-ortho nitro benzene ring substituents is 1. The molecule has 0 atom stereocenters. The quantitative estimate of drug-likeness (QED) is 0.467. The maximum absolute atomic E-state index is 11.6. The number of benzene rings is 1. The summed E-state index contributed by atoms with van der Waals surface area (Å²) in [5.74, 6) is 0.242. The summed E-state index contributed by atoms with van der Waals surface area (Å²) in [5.41, 5.74) is 1.30. The van der Waals surface area contributed by atoms with E-state index in [1.165, 1.54) is 28.8 Å². The Labute approximate surface area is 107 Å². The van der Waals surface area contributed by atoms with E-state index in [1.54, 1.807) is 13.0 Å². The summed E-state index contributed by atoms with van der Waals surface area (Å²) >= 11 is 6.38. The fourth-order valence-corrected chi connectivity index (χ4v) is 2.67. The Morgan fingerprint density at radius 3 is 2.71 bits per heavy atom. The van der Waals surface area contributed by atoms with Gasteiger partial charge in [0.25, 0.3) is 5.69 Å². The lowest BCUT2D eigenvalue weighted by atomic mass is 10.1. The van der Waals surface area contributed by atoms with E-state index in [1.807, 2.05) is 0 Å². The number of nitrogens with zero attached hydrogens (tertiary/aromatic N) is 2. The van der Waals surface area contributed by atoms with Crippen LogP contribution in [0.1, 0.15) is 5.56 Å². The fraction of sp³-hybridized carbons (Fsp3) is 0.200. The van der Waals surface area contributed by atoms with E-state index in [9.17, 15) is 14.9 Å². The molecule has 0 bridgehead atoms. The van der Waals surface area contributed by atoms with Crippen molar-refractivity contribution in [3.63, 3.8) is 0 Å². The largest absolute Gasteiger partial charge is 0.273 e. The van der Waals surface area contributed by atoms with Crippen LogP contribution >= 0.6 is 24.0 Å². The highest BCUT2D eigenvalue weighted by Gasteiger charge is 2.29. The second-order valence-electron chi connectivity index (χ2n) is 3.51. The van der Waals surface area contributed by atoms with Gasteiger partial charge in [-0.25, -0.2) is 0 Å². The van der Waals surface area contributed by atoms with Gasteiger partial charge in [-0.1, -0.05) is 24.0 Å². The third-order valence-electron chi connectivity index (χ3n) is 2.38. The molecule has 1 aromatic rings. The molecule has 0 radical (unpaired) electrons. The van der Waals surface area contributed by atoms with E-state index in [0.29, 0.717) is 21.3 Å². The maximum Gasteiger partial charge on any atom is 0.269 e. The molecule has 1 aromatic carbocycles. The van der Waals surface area contributed by atoms with Crippen LogP contribution in [0.25, 0.3) is 0 Å². The van der Waals surface area contributed by atoms with Gasteiger partial charge in [0.15, 0.2) is 0 Å². The van der Waals surface area contributed by atoms with Crippen LogP contribution in [0.2, 0.25) is 0 Å². The molecule has 1 amide bonds. The lowest BCUT2D eigenvalue weighted by Gasteiger charge is -2.17. The molecular formula is C10H8N2O3S2. The molecular weight excluding hydrogens is 260 g/mol. The van der Waals surface area contributed by atoms with Crippen molar-refractivity contribution >= 4 is 45.6 Å². The Balaban J connectivity index is 2.43.